The van der Waals surface area contributed by atoms with Gasteiger partial charge in [0, 0.05) is 12.2 Å². The summed E-state index contributed by atoms with van der Waals surface area (Å²) in [5, 5.41) is 25.6. The Kier molecular flexibility index (Phi) is 12.9. The van der Waals surface area contributed by atoms with Crippen LogP contribution in [0.4, 0.5) is 15.4 Å². The highest BCUT2D eigenvalue weighted by atomic mass is 35.5. The minimum atomic E-state index is -4.73. The zero-order valence-corrected chi connectivity index (χ0v) is 29.2. The highest BCUT2D eigenvalue weighted by Gasteiger charge is 2.47. The molecule has 0 aromatic carbocycles. The third-order valence-corrected chi connectivity index (χ3v) is 12.0. The number of aliphatic hydroxyl groups is 2. The summed E-state index contributed by atoms with van der Waals surface area (Å²) >= 11 is 6.21. The van der Waals surface area contributed by atoms with Crippen molar-refractivity contribution in [2.45, 2.75) is 96.2 Å². The van der Waals surface area contributed by atoms with Gasteiger partial charge >= 0.3 is 19.9 Å². The molecular formula is C27H40ClN4O14PS. The summed E-state index contributed by atoms with van der Waals surface area (Å²) in [5.41, 5.74) is -1.04. The lowest BCUT2D eigenvalue weighted by Crippen LogP contribution is -2.36. The van der Waals surface area contributed by atoms with Gasteiger partial charge in [-0.1, -0.05) is 12.8 Å². The molecule has 0 radical (unpaired) electrons. The number of fused-ring (bicyclic) bond motifs is 1. The number of sulfone groups is 1. The Balaban J connectivity index is 1.46. The Bertz CT molecular complexity index is 1550. The Morgan fingerprint density at radius 3 is 2.19 bits per heavy atom. The highest BCUT2D eigenvalue weighted by molar-refractivity contribution is 7.97. The monoisotopic (exact) mass is 742 g/mol. The summed E-state index contributed by atoms with van der Waals surface area (Å²) in [5.74, 6) is -0.463. The minimum Gasteiger partial charge on any atom is -0.432 e. The minimum absolute atomic E-state index is 0.0752. The molecule has 1 aliphatic carbocycles. The quantitative estimate of drug-likeness (QED) is 0.102. The smallest absolute Gasteiger partial charge is 0.432 e. The predicted octanol–water partition coefficient (Wildman–Crippen LogP) is 3.70. The van der Waals surface area contributed by atoms with Gasteiger partial charge in [-0.05, 0) is 58.2 Å². The van der Waals surface area contributed by atoms with Crippen LogP contribution in [0.15, 0.2) is 12.3 Å². The summed E-state index contributed by atoms with van der Waals surface area (Å²) in [4.78, 5) is 32.0. The number of ether oxygens (including phenoxy) is 5. The van der Waals surface area contributed by atoms with Crippen molar-refractivity contribution in [1.82, 2.24) is 14.5 Å². The third kappa shape index (κ3) is 10.4. The van der Waals surface area contributed by atoms with Gasteiger partial charge in [0.25, 0.3) is 0 Å². The number of rotatable bonds is 15. The second-order valence-electron chi connectivity index (χ2n) is 11.7. The summed E-state index contributed by atoms with van der Waals surface area (Å²) < 4.78 is 76.1. The van der Waals surface area contributed by atoms with Crippen LogP contribution in [0.3, 0.4) is 0 Å². The highest BCUT2D eigenvalue weighted by Crippen LogP contribution is 2.50. The number of carbonyl (C=O) groups is 2. The lowest BCUT2D eigenvalue weighted by molar-refractivity contribution is -0.0297. The van der Waals surface area contributed by atoms with Gasteiger partial charge in [-0.15, -0.1) is 0 Å². The molecule has 1 saturated carbocycles. The molecule has 1 saturated heterocycles. The molecule has 1 unspecified atom stereocenters. The summed E-state index contributed by atoms with van der Waals surface area (Å²) in [6.07, 6.45) is -3.96. The molecule has 2 aromatic heterocycles. The van der Waals surface area contributed by atoms with Crippen LogP contribution in [0.5, 0.6) is 0 Å². The van der Waals surface area contributed by atoms with E-state index in [-0.39, 0.29) is 17.0 Å². The molecular weight excluding hydrogens is 703 g/mol. The van der Waals surface area contributed by atoms with Gasteiger partial charge in [-0.3, -0.25) is 13.6 Å². The zero-order valence-electron chi connectivity index (χ0n) is 26.7. The summed E-state index contributed by atoms with van der Waals surface area (Å²) in [6.45, 7) is 4.10. The maximum Gasteiger partial charge on any atom is 0.510 e. The first kappa shape index (κ1) is 38.0. The number of anilines is 1. The van der Waals surface area contributed by atoms with Crippen molar-refractivity contribution >= 4 is 58.2 Å². The Labute approximate surface area is 281 Å². The molecule has 4 atom stereocenters. The van der Waals surface area contributed by atoms with Gasteiger partial charge in [0.15, 0.2) is 21.6 Å². The van der Waals surface area contributed by atoms with E-state index < -0.39 is 91.3 Å². The average Bonchev–Trinajstić information content (AvgIpc) is 3.68. The van der Waals surface area contributed by atoms with E-state index >= 15 is 0 Å². The van der Waals surface area contributed by atoms with Crippen molar-refractivity contribution in [1.29, 1.82) is 0 Å². The number of hydrogen-bond acceptors (Lipinski definition) is 17. The van der Waals surface area contributed by atoms with Crippen molar-refractivity contribution < 1.29 is 65.5 Å². The van der Waals surface area contributed by atoms with Crippen LogP contribution in [0.1, 0.15) is 59.6 Å². The second kappa shape index (κ2) is 16.3. The Morgan fingerprint density at radius 2 is 1.62 bits per heavy atom. The molecule has 270 valence electrons. The molecule has 2 aliphatic rings. The van der Waals surface area contributed by atoms with Crippen molar-refractivity contribution in [2.75, 3.05) is 30.1 Å². The largest absolute Gasteiger partial charge is 0.510 e. The van der Waals surface area contributed by atoms with E-state index in [1.54, 1.807) is 33.8 Å². The lowest BCUT2D eigenvalue weighted by Gasteiger charge is -2.20. The van der Waals surface area contributed by atoms with Crippen LogP contribution in [-0.4, -0.2) is 107 Å². The Morgan fingerprint density at radius 1 is 1.04 bits per heavy atom. The molecule has 0 amide bonds. The maximum absolute atomic E-state index is 13.5. The molecule has 0 bridgehead atoms. The first-order chi connectivity index (χ1) is 22.6. The molecule has 1 aliphatic heterocycles. The first-order valence-electron chi connectivity index (χ1n) is 15.1. The van der Waals surface area contributed by atoms with Crippen LogP contribution in [0.2, 0.25) is 5.28 Å². The lowest BCUT2D eigenvalue weighted by atomic mass is 10.1. The number of hydrogen-bond donors (Lipinski definition) is 3. The van der Waals surface area contributed by atoms with Crippen LogP contribution >= 0.6 is 19.2 Å². The van der Waals surface area contributed by atoms with E-state index in [9.17, 15) is 32.8 Å². The van der Waals surface area contributed by atoms with Gasteiger partial charge < -0.3 is 43.8 Å². The fourth-order valence-electron chi connectivity index (χ4n) is 5.10. The number of carbonyl (C=O) groups excluding carboxylic acids is 2. The fraction of sp³-hybridized carbons (Fsp3) is 0.704. The normalized spacial score (nSPS) is 22.0. The topological polar surface area (TPSA) is 233 Å². The average molecular weight is 743 g/mol. The van der Waals surface area contributed by atoms with Crippen LogP contribution in [0.25, 0.3) is 11.0 Å². The van der Waals surface area contributed by atoms with Crippen molar-refractivity contribution in [3.63, 3.8) is 0 Å². The van der Waals surface area contributed by atoms with Gasteiger partial charge in [0.2, 0.25) is 18.9 Å². The molecule has 0 spiro atoms. The van der Waals surface area contributed by atoms with E-state index in [2.05, 4.69) is 24.8 Å². The van der Waals surface area contributed by atoms with Crippen LogP contribution < -0.4 is 5.32 Å². The molecule has 3 N–H and O–H groups in total. The van der Waals surface area contributed by atoms with E-state index in [0.29, 0.717) is 11.2 Å². The van der Waals surface area contributed by atoms with Gasteiger partial charge in [0.1, 0.15) is 29.8 Å². The van der Waals surface area contributed by atoms with Crippen LogP contribution in [0, 0.1) is 0 Å². The van der Waals surface area contributed by atoms with Crippen LogP contribution in [-0.2, 0) is 47.1 Å². The number of nitrogens with one attached hydrogen (secondary N) is 1. The summed E-state index contributed by atoms with van der Waals surface area (Å²) in [7, 11) is -9.23. The number of nitrogens with zero attached hydrogens (tertiary/aromatic N) is 3. The molecule has 4 rings (SSSR count). The molecule has 21 heteroatoms. The standard InChI is InChI=1S/C27H40ClN4O14PS/c1-15(2)44-26(35)40-12-42-47(37,43-13-41-27(36)45-16(3)4)14-48(38,39)11-19-20(33)21(34)24(46-19)32-10-9-18-22(29-17-7-5-6-8-17)30-25(28)31-23(18)32/h9-10,15-17,19-21,24,33-34H,5-8,11-14H2,1-4H3,(H,29,30,31)/t19?,20-,21-,24-/m1/s1. The van der Waals surface area contributed by atoms with Gasteiger partial charge in [-0.2, -0.15) is 4.98 Å². The number of halogens is 1. The van der Waals surface area contributed by atoms with Crippen molar-refractivity contribution in [2.24, 2.45) is 0 Å². The molecule has 48 heavy (non-hydrogen) atoms. The molecule has 2 fully saturated rings. The first-order valence-corrected chi connectivity index (χ1v) is 19.1. The van der Waals surface area contributed by atoms with Gasteiger partial charge in [-0.25, -0.2) is 23.0 Å². The van der Waals surface area contributed by atoms with E-state index in [4.69, 9.17) is 34.9 Å². The zero-order chi connectivity index (χ0) is 35.2. The van der Waals surface area contributed by atoms with Crippen molar-refractivity contribution in [3.8, 4) is 0 Å². The summed E-state index contributed by atoms with van der Waals surface area (Å²) in [6, 6.07) is 1.88. The van der Waals surface area contributed by atoms with Crippen molar-refractivity contribution in [3.05, 3.63) is 17.5 Å². The number of aromatic nitrogens is 3. The third-order valence-electron chi connectivity index (χ3n) is 7.14. The fourth-order valence-corrected chi connectivity index (χ4v) is 9.49. The van der Waals surface area contributed by atoms with E-state index in [1.165, 1.54) is 10.8 Å². The maximum atomic E-state index is 13.5. The Hall–Kier alpha value is -2.77. The van der Waals surface area contributed by atoms with Gasteiger partial charge in [0.05, 0.1) is 23.3 Å². The number of aliphatic hydroxyl groups excluding tert-OH is 2. The predicted molar refractivity (Wildman–Crippen MR) is 168 cm³/mol. The molecule has 3 heterocycles. The molecule has 2 aromatic rings. The molecule has 18 nitrogen and oxygen atoms in total. The second-order valence-corrected chi connectivity index (χ2v) is 16.7. The SMILES string of the molecule is CC(C)OC(=O)OCOP(=O)(CS(=O)(=O)CC1O[C@@H](n2ccc3c(NC4CCCC4)nc(Cl)nc32)[C@H](O)[C@@H]1O)OCOC(=O)OC(C)C. The van der Waals surface area contributed by atoms with E-state index in [1.807, 2.05) is 0 Å². The van der Waals surface area contributed by atoms with E-state index in [0.717, 1.165) is 25.7 Å².